The molecule has 1 aromatic carbocycles. The fourth-order valence-electron chi connectivity index (χ4n) is 2.43. The molecule has 0 bridgehead atoms. The van der Waals surface area contributed by atoms with Crippen molar-refractivity contribution >= 4 is 23.4 Å². The highest BCUT2D eigenvalue weighted by Gasteiger charge is 2.25. The summed E-state index contributed by atoms with van der Waals surface area (Å²) in [6.45, 7) is 0. The van der Waals surface area contributed by atoms with Crippen LogP contribution in [-0.4, -0.2) is 11.6 Å². The Morgan fingerprint density at radius 1 is 1.33 bits per heavy atom. The van der Waals surface area contributed by atoms with Gasteiger partial charge in [-0.3, -0.25) is 0 Å². The quantitative estimate of drug-likeness (QED) is 0.705. The lowest BCUT2D eigenvalue weighted by atomic mass is 9.94. The van der Waals surface area contributed by atoms with Gasteiger partial charge in [-0.15, -0.1) is 11.6 Å². The first-order valence-electron chi connectivity index (χ1n) is 5.52. The number of hydrogen-bond donors (Lipinski definition) is 0. The second-order valence-electron chi connectivity index (χ2n) is 4.24. The Bertz CT molecular complexity index is 324. The van der Waals surface area contributed by atoms with Crippen molar-refractivity contribution in [2.45, 2.75) is 36.3 Å². The topological polar surface area (TPSA) is 0 Å². The van der Waals surface area contributed by atoms with Gasteiger partial charge in [-0.05, 0) is 42.6 Å². The number of hydrogen-bond acceptors (Lipinski definition) is 1. The maximum absolute atomic E-state index is 6.18. The molecule has 0 N–H and O–H groups in total. The van der Waals surface area contributed by atoms with E-state index in [1.54, 1.807) is 0 Å². The van der Waals surface area contributed by atoms with Crippen LogP contribution in [0, 0.1) is 0 Å². The number of halogens is 1. The molecular formula is C13H17ClS. The highest BCUT2D eigenvalue weighted by atomic mass is 35.5. The maximum Gasteiger partial charge on any atom is 0.0342 e. The second-order valence-corrected chi connectivity index (χ2v) is 5.72. The molecule has 82 valence electrons. The molecule has 1 fully saturated rings. The van der Waals surface area contributed by atoms with Crippen LogP contribution in [0.1, 0.15) is 36.3 Å². The molecule has 15 heavy (non-hydrogen) atoms. The predicted octanol–water partition coefficient (Wildman–Crippen LogP) is 4.42. The summed E-state index contributed by atoms with van der Waals surface area (Å²) in [5.41, 5.74) is 3.04. The van der Waals surface area contributed by atoms with E-state index < -0.39 is 0 Å². The number of rotatable bonds is 3. The van der Waals surface area contributed by atoms with Gasteiger partial charge < -0.3 is 0 Å². The molecule has 2 atom stereocenters. The molecule has 0 radical (unpaired) electrons. The summed E-state index contributed by atoms with van der Waals surface area (Å²) in [6.07, 6.45) is 5.77. The monoisotopic (exact) mass is 240 g/mol. The zero-order valence-corrected chi connectivity index (χ0v) is 10.7. The van der Waals surface area contributed by atoms with E-state index in [2.05, 4.69) is 30.5 Å². The molecule has 1 aliphatic rings. The summed E-state index contributed by atoms with van der Waals surface area (Å²) in [4.78, 5) is 0. The van der Waals surface area contributed by atoms with Crippen molar-refractivity contribution in [3.05, 3.63) is 35.4 Å². The SMILES string of the molecule is CSCc1ccccc1C1CCC(Cl)C1. The van der Waals surface area contributed by atoms with Gasteiger partial charge in [0.2, 0.25) is 0 Å². The fourth-order valence-corrected chi connectivity index (χ4v) is 3.34. The first-order valence-corrected chi connectivity index (χ1v) is 7.35. The van der Waals surface area contributed by atoms with E-state index >= 15 is 0 Å². The Balaban J connectivity index is 2.19. The van der Waals surface area contributed by atoms with Crippen LogP contribution in [0.3, 0.4) is 0 Å². The van der Waals surface area contributed by atoms with Gasteiger partial charge in [0.15, 0.2) is 0 Å². The number of benzene rings is 1. The van der Waals surface area contributed by atoms with Gasteiger partial charge >= 0.3 is 0 Å². The average molecular weight is 241 g/mol. The van der Waals surface area contributed by atoms with Crippen LogP contribution < -0.4 is 0 Å². The zero-order valence-electron chi connectivity index (χ0n) is 9.08. The van der Waals surface area contributed by atoms with Gasteiger partial charge in [-0.2, -0.15) is 11.8 Å². The Kier molecular flexibility index (Phi) is 3.99. The van der Waals surface area contributed by atoms with Crippen LogP contribution in [0.2, 0.25) is 0 Å². The van der Waals surface area contributed by atoms with Gasteiger partial charge in [0.05, 0.1) is 0 Å². The zero-order chi connectivity index (χ0) is 10.7. The average Bonchev–Trinajstić information content (AvgIpc) is 2.66. The van der Waals surface area contributed by atoms with Crippen LogP contribution in [0.15, 0.2) is 24.3 Å². The summed E-state index contributed by atoms with van der Waals surface area (Å²) < 4.78 is 0. The van der Waals surface area contributed by atoms with E-state index in [0.29, 0.717) is 11.3 Å². The molecule has 2 rings (SSSR count). The summed E-state index contributed by atoms with van der Waals surface area (Å²) in [5, 5.41) is 0.400. The molecule has 0 aromatic heterocycles. The first-order chi connectivity index (χ1) is 7.31. The molecule has 2 heteroatoms. The van der Waals surface area contributed by atoms with Gasteiger partial charge in [-0.1, -0.05) is 24.3 Å². The largest absolute Gasteiger partial charge is 0.161 e. The normalized spacial score (nSPS) is 25.7. The van der Waals surface area contributed by atoms with Crippen molar-refractivity contribution in [1.82, 2.24) is 0 Å². The van der Waals surface area contributed by atoms with Crippen LogP contribution in [0.5, 0.6) is 0 Å². The molecule has 0 aliphatic heterocycles. The van der Waals surface area contributed by atoms with E-state index in [1.807, 2.05) is 11.8 Å². The van der Waals surface area contributed by atoms with Crippen LogP contribution in [-0.2, 0) is 5.75 Å². The van der Waals surface area contributed by atoms with E-state index in [9.17, 15) is 0 Å². The minimum atomic E-state index is 0.400. The molecule has 1 aromatic rings. The Hall–Kier alpha value is -0.140. The molecule has 0 amide bonds. The summed E-state index contributed by atoms with van der Waals surface area (Å²) in [7, 11) is 0. The van der Waals surface area contributed by atoms with Crippen molar-refractivity contribution < 1.29 is 0 Å². The summed E-state index contributed by atoms with van der Waals surface area (Å²) in [5.74, 6) is 1.83. The van der Waals surface area contributed by atoms with E-state index in [-0.39, 0.29) is 0 Å². The van der Waals surface area contributed by atoms with Gasteiger partial charge in [0.25, 0.3) is 0 Å². The van der Waals surface area contributed by atoms with Crippen LogP contribution in [0.25, 0.3) is 0 Å². The molecule has 1 aliphatic carbocycles. The Labute approximate surface area is 101 Å². The van der Waals surface area contributed by atoms with E-state index in [4.69, 9.17) is 11.6 Å². The molecule has 0 saturated heterocycles. The highest BCUT2D eigenvalue weighted by Crippen LogP contribution is 2.38. The number of thioether (sulfide) groups is 1. The molecular weight excluding hydrogens is 224 g/mol. The Morgan fingerprint density at radius 2 is 2.13 bits per heavy atom. The van der Waals surface area contributed by atoms with E-state index in [0.717, 1.165) is 12.2 Å². The molecule has 0 heterocycles. The van der Waals surface area contributed by atoms with Gasteiger partial charge in [-0.25, -0.2) is 0 Å². The third-order valence-corrected chi connectivity index (χ3v) is 4.16. The lowest BCUT2D eigenvalue weighted by Crippen LogP contribution is -1.99. The van der Waals surface area contributed by atoms with Crippen molar-refractivity contribution in [3.8, 4) is 0 Å². The van der Waals surface area contributed by atoms with Gasteiger partial charge in [0, 0.05) is 11.1 Å². The van der Waals surface area contributed by atoms with Crippen LogP contribution in [0.4, 0.5) is 0 Å². The molecule has 0 spiro atoms. The standard InChI is InChI=1S/C13H17ClS/c1-15-9-11-4-2-3-5-13(11)10-6-7-12(14)8-10/h2-5,10,12H,6-9H2,1H3. The maximum atomic E-state index is 6.18. The number of alkyl halides is 1. The van der Waals surface area contributed by atoms with Crippen molar-refractivity contribution in [2.75, 3.05) is 6.26 Å². The first kappa shape index (κ1) is 11.3. The second kappa shape index (κ2) is 5.27. The Morgan fingerprint density at radius 3 is 2.80 bits per heavy atom. The lowest BCUT2D eigenvalue weighted by molar-refractivity contribution is 0.718. The minimum absolute atomic E-state index is 0.400. The van der Waals surface area contributed by atoms with Crippen molar-refractivity contribution in [3.63, 3.8) is 0 Å². The highest BCUT2D eigenvalue weighted by molar-refractivity contribution is 7.97. The molecule has 1 saturated carbocycles. The third-order valence-electron chi connectivity index (χ3n) is 3.16. The summed E-state index contributed by atoms with van der Waals surface area (Å²) in [6, 6.07) is 8.83. The fraction of sp³-hybridized carbons (Fsp3) is 0.538. The lowest BCUT2D eigenvalue weighted by Gasteiger charge is -2.14. The molecule has 2 unspecified atom stereocenters. The summed E-state index contributed by atoms with van der Waals surface area (Å²) >= 11 is 8.08. The predicted molar refractivity (Wildman–Crippen MR) is 69.9 cm³/mol. The molecule has 0 nitrogen and oxygen atoms in total. The smallest absolute Gasteiger partial charge is 0.0342 e. The van der Waals surface area contributed by atoms with Crippen molar-refractivity contribution in [1.29, 1.82) is 0 Å². The van der Waals surface area contributed by atoms with Crippen LogP contribution >= 0.6 is 23.4 Å². The minimum Gasteiger partial charge on any atom is -0.161 e. The third kappa shape index (κ3) is 2.70. The van der Waals surface area contributed by atoms with Crippen molar-refractivity contribution in [2.24, 2.45) is 0 Å². The van der Waals surface area contributed by atoms with Gasteiger partial charge in [0.1, 0.15) is 0 Å². The van der Waals surface area contributed by atoms with E-state index in [1.165, 1.54) is 24.0 Å².